The minimum Gasteiger partial charge on any atom is -0.490 e. The molecule has 7 heteroatoms. The van der Waals surface area contributed by atoms with Crippen molar-refractivity contribution in [2.24, 2.45) is 11.8 Å². The molecular formula is C25H30F3NO3. The van der Waals surface area contributed by atoms with E-state index in [4.69, 9.17) is 9.84 Å². The lowest BCUT2D eigenvalue weighted by molar-refractivity contribution is -0.145. The van der Waals surface area contributed by atoms with Crippen molar-refractivity contribution in [2.45, 2.75) is 70.2 Å². The highest BCUT2D eigenvalue weighted by Gasteiger charge is 2.37. The third-order valence-electron chi connectivity index (χ3n) is 6.92. The Bertz CT molecular complexity index is 961. The van der Waals surface area contributed by atoms with E-state index in [0.29, 0.717) is 37.1 Å². The Balaban J connectivity index is 1.49. The number of carboxylic acids is 1. The molecule has 2 fully saturated rings. The third kappa shape index (κ3) is 5.20. The van der Waals surface area contributed by atoms with Gasteiger partial charge in [0.25, 0.3) is 0 Å². The van der Waals surface area contributed by atoms with Gasteiger partial charge in [0.1, 0.15) is 11.3 Å². The average Bonchev–Trinajstić information content (AvgIpc) is 2.69. The van der Waals surface area contributed by atoms with Gasteiger partial charge < -0.3 is 15.2 Å². The van der Waals surface area contributed by atoms with Gasteiger partial charge in [0.05, 0.1) is 12.0 Å². The molecule has 0 saturated heterocycles. The first kappa shape index (κ1) is 22.9. The van der Waals surface area contributed by atoms with Crippen molar-refractivity contribution in [1.82, 2.24) is 5.32 Å². The Kier molecular flexibility index (Phi) is 6.65. The number of hydrogen-bond acceptors (Lipinski definition) is 3. The monoisotopic (exact) mass is 449 g/mol. The molecule has 4 rings (SSSR count). The highest BCUT2D eigenvalue weighted by Crippen LogP contribution is 2.43. The van der Waals surface area contributed by atoms with Gasteiger partial charge in [0.2, 0.25) is 0 Å². The molecule has 0 heterocycles. The van der Waals surface area contributed by atoms with Crippen LogP contribution >= 0.6 is 0 Å². The Morgan fingerprint density at radius 2 is 1.81 bits per heavy atom. The second kappa shape index (κ2) is 9.30. The van der Waals surface area contributed by atoms with Crippen molar-refractivity contribution >= 4 is 16.7 Å². The Hall–Kier alpha value is -2.28. The van der Waals surface area contributed by atoms with E-state index in [0.717, 1.165) is 31.2 Å². The molecule has 2 aliphatic rings. The summed E-state index contributed by atoms with van der Waals surface area (Å²) in [7, 11) is 0. The minimum atomic E-state index is -4.51. The van der Waals surface area contributed by atoms with Crippen molar-refractivity contribution < 1.29 is 27.8 Å². The normalized spacial score (nSPS) is 26.0. The molecule has 2 N–H and O–H groups in total. The van der Waals surface area contributed by atoms with Crippen LogP contribution in [-0.4, -0.2) is 29.8 Å². The molecule has 2 aromatic rings. The van der Waals surface area contributed by atoms with E-state index >= 15 is 0 Å². The predicted molar refractivity (Wildman–Crippen MR) is 117 cm³/mol. The maximum atomic E-state index is 14.1. The van der Waals surface area contributed by atoms with Gasteiger partial charge in [-0.3, -0.25) is 4.79 Å². The summed E-state index contributed by atoms with van der Waals surface area (Å²) >= 11 is 0. The summed E-state index contributed by atoms with van der Waals surface area (Å²) in [6, 6.07) is 8.54. The topological polar surface area (TPSA) is 58.6 Å². The van der Waals surface area contributed by atoms with E-state index in [1.165, 1.54) is 6.07 Å². The molecule has 0 spiro atoms. The highest BCUT2D eigenvalue weighted by atomic mass is 19.4. The van der Waals surface area contributed by atoms with Crippen LogP contribution < -0.4 is 10.1 Å². The number of halogens is 3. The Labute approximate surface area is 186 Å². The van der Waals surface area contributed by atoms with Crippen molar-refractivity contribution in [1.29, 1.82) is 0 Å². The van der Waals surface area contributed by atoms with Gasteiger partial charge in [-0.2, -0.15) is 13.2 Å². The summed E-state index contributed by atoms with van der Waals surface area (Å²) in [6.07, 6.45) is 0.624. The van der Waals surface area contributed by atoms with Gasteiger partial charge in [-0.05, 0) is 79.8 Å². The molecule has 0 aliphatic heterocycles. The van der Waals surface area contributed by atoms with E-state index in [9.17, 15) is 18.0 Å². The molecule has 0 radical (unpaired) electrons. The van der Waals surface area contributed by atoms with Crippen LogP contribution in [0.5, 0.6) is 5.75 Å². The van der Waals surface area contributed by atoms with Crippen molar-refractivity contribution in [3.05, 3.63) is 41.5 Å². The largest absolute Gasteiger partial charge is 0.490 e. The molecule has 0 unspecified atom stereocenters. The van der Waals surface area contributed by atoms with E-state index in [-0.39, 0.29) is 29.2 Å². The third-order valence-corrected chi connectivity index (χ3v) is 6.92. The lowest BCUT2D eigenvalue weighted by Gasteiger charge is -2.33. The fraction of sp³-hybridized carbons (Fsp3) is 0.560. The quantitative estimate of drug-likeness (QED) is 0.560. The molecule has 2 saturated carbocycles. The smallest absolute Gasteiger partial charge is 0.420 e. The number of carbonyl (C=O) groups is 1. The summed E-state index contributed by atoms with van der Waals surface area (Å²) < 4.78 is 48.2. The first-order valence-corrected chi connectivity index (χ1v) is 11.5. The van der Waals surface area contributed by atoms with Gasteiger partial charge in [0, 0.05) is 6.04 Å². The van der Waals surface area contributed by atoms with Gasteiger partial charge in [-0.25, -0.2) is 0 Å². The van der Waals surface area contributed by atoms with Gasteiger partial charge in [-0.15, -0.1) is 0 Å². The average molecular weight is 450 g/mol. The molecule has 0 aromatic heterocycles. The number of aliphatic carboxylic acids is 1. The molecule has 0 amide bonds. The zero-order valence-electron chi connectivity index (χ0n) is 18.3. The molecule has 0 atom stereocenters. The van der Waals surface area contributed by atoms with Crippen LogP contribution in [0.25, 0.3) is 10.8 Å². The summed E-state index contributed by atoms with van der Waals surface area (Å²) in [6.45, 7) is 2.76. The van der Waals surface area contributed by atoms with Gasteiger partial charge in [-0.1, -0.05) is 31.2 Å². The summed E-state index contributed by atoms with van der Waals surface area (Å²) in [5.41, 5.74) is 0.125. The van der Waals surface area contributed by atoms with Crippen LogP contribution in [0, 0.1) is 11.8 Å². The molecule has 2 aromatic carbocycles. The minimum absolute atomic E-state index is 0.0750. The van der Waals surface area contributed by atoms with Crippen LogP contribution in [0.1, 0.15) is 56.6 Å². The van der Waals surface area contributed by atoms with Crippen LogP contribution in [0.15, 0.2) is 30.3 Å². The molecule has 174 valence electrons. The first-order valence-electron chi connectivity index (χ1n) is 11.5. The second-order valence-corrected chi connectivity index (χ2v) is 9.40. The maximum absolute atomic E-state index is 14.1. The lowest BCUT2D eigenvalue weighted by Crippen LogP contribution is -2.44. The standard InChI is InChI=1S/C25H30F3NO3/c1-15-2-7-20(8-3-15)32-22-9-6-17-5-4-16(12-21(17)23(22)25(26,27)28)10-11-29-19-13-18(14-19)24(30)31/h4-6,9,12,15,18-20,29H,2-3,7-8,10-11,13-14H2,1H3,(H,30,31). The Morgan fingerprint density at radius 3 is 2.47 bits per heavy atom. The number of nitrogens with one attached hydrogen (secondary N) is 1. The van der Waals surface area contributed by atoms with Crippen molar-refractivity contribution in [2.75, 3.05) is 6.54 Å². The molecule has 32 heavy (non-hydrogen) atoms. The number of benzene rings is 2. The van der Waals surface area contributed by atoms with E-state index < -0.39 is 17.7 Å². The summed E-state index contributed by atoms with van der Waals surface area (Å²) in [5, 5.41) is 13.0. The van der Waals surface area contributed by atoms with Gasteiger partial charge >= 0.3 is 12.1 Å². The fourth-order valence-electron chi connectivity index (χ4n) is 4.83. The van der Waals surface area contributed by atoms with E-state index in [1.807, 2.05) is 6.07 Å². The molecular weight excluding hydrogens is 419 g/mol. The van der Waals surface area contributed by atoms with Crippen LogP contribution in [0.4, 0.5) is 13.2 Å². The van der Waals surface area contributed by atoms with Crippen LogP contribution in [0.2, 0.25) is 0 Å². The number of ether oxygens (including phenoxy) is 1. The molecule has 0 bridgehead atoms. The number of carboxylic acid groups (broad SMARTS) is 1. The zero-order chi connectivity index (χ0) is 22.9. The number of fused-ring (bicyclic) bond motifs is 1. The van der Waals surface area contributed by atoms with Gasteiger partial charge in [0.15, 0.2) is 0 Å². The predicted octanol–water partition coefficient (Wildman–Crippen LogP) is 5.81. The highest BCUT2D eigenvalue weighted by molar-refractivity contribution is 5.89. The van der Waals surface area contributed by atoms with E-state index in [1.54, 1.807) is 18.2 Å². The Morgan fingerprint density at radius 1 is 1.12 bits per heavy atom. The molecule has 4 nitrogen and oxygen atoms in total. The first-order chi connectivity index (χ1) is 15.2. The summed E-state index contributed by atoms with van der Waals surface area (Å²) in [5.74, 6) is -0.528. The number of rotatable bonds is 7. The summed E-state index contributed by atoms with van der Waals surface area (Å²) in [4.78, 5) is 10.9. The molecule has 2 aliphatic carbocycles. The SMILES string of the molecule is CC1CCC(Oc2ccc3ccc(CCNC4CC(C(=O)O)C4)cc3c2C(F)(F)F)CC1. The number of alkyl halides is 3. The van der Waals surface area contributed by atoms with Crippen molar-refractivity contribution in [3.8, 4) is 5.75 Å². The second-order valence-electron chi connectivity index (χ2n) is 9.40. The van der Waals surface area contributed by atoms with Crippen LogP contribution in [-0.2, 0) is 17.4 Å². The fourth-order valence-corrected chi connectivity index (χ4v) is 4.83. The lowest BCUT2D eigenvalue weighted by atomic mass is 9.80. The number of hydrogen-bond donors (Lipinski definition) is 2. The van der Waals surface area contributed by atoms with Crippen molar-refractivity contribution in [3.63, 3.8) is 0 Å². The maximum Gasteiger partial charge on any atom is 0.420 e. The van der Waals surface area contributed by atoms with Crippen LogP contribution in [0.3, 0.4) is 0 Å². The van der Waals surface area contributed by atoms with E-state index in [2.05, 4.69) is 12.2 Å². The zero-order valence-corrected chi connectivity index (χ0v) is 18.3.